The average Bonchev–Trinajstić information content (AvgIpc) is 2.69. The minimum Gasteiger partial charge on any atom is -0.478 e. The third kappa shape index (κ3) is 2.56. The van der Waals surface area contributed by atoms with E-state index in [-0.39, 0.29) is 11.5 Å². The van der Waals surface area contributed by atoms with Gasteiger partial charge in [-0.15, -0.1) is 0 Å². The standard InChI is InChI=1S/C15H16N2O3/c1-9-8-11(5-6-12(9)15(19)20)16-14(18)13-7-4-10(2)17(13)3/h4-8H,1-3H3,(H,16,18)(H,19,20). The molecule has 0 atom stereocenters. The van der Waals surface area contributed by atoms with Gasteiger partial charge < -0.3 is 15.0 Å². The second kappa shape index (κ2) is 5.21. The van der Waals surface area contributed by atoms with Gasteiger partial charge in [-0.3, -0.25) is 4.79 Å². The number of rotatable bonds is 3. The summed E-state index contributed by atoms with van der Waals surface area (Å²) < 4.78 is 1.80. The molecule has 5 nitrogen and oxygen atoms in total. The molecule has 0 saturated carbocycles. The van der Waals surface area contributed by atoms with E-state index in [2.05, 4.69) is 5.32 Å². The first kappa shape index (κ1) is 13.9. The van der Waals surface area contributed by atoms with Crippen LogP contribution in [-0.4, -0.2) is 21.6 Å². The van der Waals surface area contributed by atoms with Gasteiger partial charge >= 0.3 is 5.97 Å². The van der Waals surface area contributed by atoms with Crippen LogP contribution in [0.25, 0.3) is 0 Å². The van der Waals surface area contributed by atoms with Gasteiger partial charge in [-0.25, -0.2) is 4.79 Å². The molecule has 0 bridgehead atoms. The third-order valence-corrected chi connectivity index (χ3v) is 3.32. The fourth-order valence-electron chi connectivity index (χ4n) is 2.02. The maximum absolute atomic E-state index is 12.1. The molecule has 1 amide bonds. The van der Waals surface area contributed by atoms with Crippen LogP contribution in [0.3, 0.4) is 0 Å². The van der Waals surface area contributed by atoms with Crippen LogP contribution in [0, 0.1) is 13.8 Å². The lowest BCUT2D eigenvalue weighted by Crippen LogP contribution is -2.16. The Bertz CT molecular complexity index is 686. The number of aryl methyl sites for hydroxylation is 2. The van der Waals surface area contributed by atoms with E-state index in [1.807, 2.05) is 20.0 Å². The number of carbonyl (C=O) groups excluding carboxylic acids is 1. The molecule has 2 N–H and O–H groups in total. The molecule has 0 aliphatic carbocycles. The normalized spacial score (nSPS) is 10.3. The number of anilines is 1. The molecular weight excluding hydrogens is 256 g/mol. The van der Waals surface area contributed by atoms with Crippen LogP contribution in [0.5, 0.6) is 0 Å². The number of aromatic nitrogens is 1. The lowest BCUT2D eigenvalue weighted by atomic mass is 10.1. The molecule has 5 heteroatoms. The minimum atomic E-state index is -0.974. The SMILES string of the molecule is Cc1cc(NC(=O)c2ccc(C)n2C)ccc1C(=O)O. The molecular formula is C15H16N2O3. The number of carboxylic acids is 1. The van der Waals surface area contributed by atoms with Crippen molar-refractivity contribution in [1.29, 1.82) is 0 Å². The van der Waals surface area contributed by atoms with Gasteiger partial charge in [-0.1, -0.05) is 0 Å². The first-order valence-corrected chi connectivity index (χ1v) is 6.17. The van der Waals surface area contributed by atoms with E-state index < -0.39 is 5.97 Å². The number of hydrogen-bond donors (Lipinski definition) is 2. The van der Waals surface area contributed by atoms with E-state index in [0.717, 1.165) is 5.69 Å². The van der Waals surface area contributed by atoms with Crippen LogP contribution in [0.4, 0.5) is 5.69 Å². The quantitative estimate of drug-likeness (QED) is 0.902. The summed E-state index contributed by atoms with van der Waals surface area (Å²) in [6.45, 7) is 3.62. The first-order valence-electron chi connectivity index (χ1n) is 6.17. The smallest absolute Gasteiger partial charge is 0.335 e. The Labute approximate surface area is 116 Å². The Hall–Kier alpha value is -2.56. The molecule has 1 aromatic heterocycles. The summed E-state index contributed by atoms with van der Waals surface area (Å²) in [5.74, 6) is -1.19. The van der Waals surface area contributed by atoms with Gasteiger partial charge in [-0.2, -0.15) is 0 Å². The van der Waals surface area contributed by atoms with Gasteiger partial charge in [-0.05, 0) is 49.7 Å². The van der Waals surface area contributed by atoms with Crippen molar-refractivity contribution in [3.8, 4) is 0 Å². The molecule has 20 heavy (non-hydrogen) atoms. The topological polar surface area (TPSA) is 71.3 Å². The van der Waals surface area contributed by atoms with E-state index in [4.69, 9.17) is 5.11 Å². The van der Waals surface area contributed by atoms with Crippen LogP contribution >= 0.6 is 0 Å². The fourth-order valence-corrected chi connectivity index (χ4v) is 2.02. The molecule has 0 unspecified atom stereocenters. The van der Waals surface area contributed by atoms with Crippen molar-refractivity contribution in [3.63, 3.8) is 0 Å². The maximum Gasteiger partial charge on any atom is 0.335 e. The van der Waals surface area contributed by atoms with Crippen molar-refractivity contribution in [2.24, 2.45) is 7.05 Å². The highest BCUT2D eigenvalue weighted by Gasteiger charge is 2.12. The second-order valence-electron chi connectivity index (χ2n) is 4.71. The fraction of sp³-hybridized carbons (Fsp3) is 0.200. The van der Waals surface area contributed by atoms with Crippen LogP contribution in [0.2, 0.25) is 0 Å². The van der Waals surface area contributed by atoms with Crippen LogP contribution in [-0.2, 0) is 7.05 Å². The number of nitrogens with zero attached hydrogens (tertiary/aromatic N) is 1. The molecule has 0 spiro atoms. The van der Waals surface area contributed by atoms with Crippen LogP contribution in [0.1, 0.15) is 32.1 Å². The highest BCUT2D eigenvalue weighted by Crippen LogP contribution is 2.16. The highest BCUT2D eigenvalue weighted by atomic mass is 16.4. The molecule has 104 valence electrons. The summed E-state index contributed by atoms with van der Waals surface area (Å²) in [7, 11) is 1.82. The predicted molar refractivity (Wildman–Crippen MR) is 76.2 cm³/mol. The van der Waals surface area contributed by atoms with Gasteiger partial charge in [0.1, 0.15) is 5.69 Å². The maximum atomic E-state index is 12.1. The van der Waals surface area contributed by atoms with Gasteiger partial charge in [0.05, 0.1) is 5.56 Å². The zero-order valence-corrected chi connectivity index (χ0v) is 11.6. The van der Waals surface area contributed by atoms with Gasteiger partial charge in [0.2, 0.25) is 0 Å². The Morgan fingerprint density at radius 3 is 2.35 bits per heavy atom. The summed E-state index contributed by atoms with van der Waals surface area (Å²) in [5.41, 5.74) is 2.97. The Morgan fingerprint density at radius 2 is 1.85 bits per heavy atom. The van der Waals surface area contributed by atoms with Crippen molar-refractivity contribution in [2.45, 2.75) is 13.8 Å². The number of nitrogens with one attached hydrogen (secondary N) is 1. The molecule has 0 saturated heterocycles. The van der Waals surface area contributed by atoms with E-state index in [1.165, 1.54) is 6.07 Å². The summed E-state index contributed by atoms with van der Waals surface area (Å²) in [5, 5.41) is 11.7. The summed E-state index contributed by atoms with van der Waals surface area (Å²) >= 11 is 0. The number of hydrogen-bond acceptors (Lipinski definition) is 2. The number of carbonyl (C=O) groups is 2. The summed E-state index contributed by atoms with van der Waals surface area (Å²) in [6, 6.07) is 8.35. The molecule has 0 fully saturated rings. The Kier molecular flexibility index (Phi) is 3.61. The van der Waals surface area contributed by atoms with Gasteiger partial charge in [0.15, 0.2) is 0 Å². The Morgan fingerprint density at radius 1 is 1.15 bits per heavy atom. The second-order valence-corrected chi connectivity index (χ2v) is 4.71. The molecule has 0 radical (unpaired) electrons. The predicted octanol–water partition coefficient (Wildman–Crippen LogP) is 2.59. The molecule has 2 aromatic rings. The average molecular weight is 272 g/mol. The molecule has 1 aromatic carbocycles. The van der Waals surface area contributed by atoms with Crippen molar-refractivity contribution < 1.29 is 14.7 Å². The number of benzene rings is 1. The molecule has 0 aliphatic heterocycles. The van der Waals surface area contributed by atoms with Gasteiger partial charge in [0.25, 0.3) is 5.91 Å². The van der Waals surface area contributed by atoms with E-state index in [0.29, 0.717) is 16.9 Å². The van der Waals surface area contributed by atoms with E-state index >= 15 is 0 Å². The number of amides is 1. The van der Waals surface area contributed by atoms with Crippen molar-refractivity contribution in [1.82, 2.24) is 4.57 Å². The lowest BCUT2D eigenvalue weighted by molar-refractivity contribution is 0.0696. The zero-order valence-electron chi connectivity index (χ0n) is 11.6. The monoisotopic (exact) mass is 272 g/mol. The zero-order chi connectivity index (χ0) is 14.9. The van der Waals surface area contributed by atoms with Crippen molar-refractivity contribution >= 4 is 17.6 Å². The van der Waals surface area contributed by atoms with Gasteiger partial charge in [0, 0.05) is 18.4 Å². The molecule has 0 aliphatic rings. The molecule has 2 rings (SSSR count). The minimum absolute atomic E-state index is 0.219. The summed E-state index contributed by atoms with van der Waals surface area (Å²) in [6.07, 6.45) is 0. The first-order chi connectivity index (χ1) is 9.40. The highest BCUT2D eigenvalue weighted by molar-refractivity contribution is 6.03. The summed E-state index contributed by atoms with van der Waals surface area (Å²) in [4.78, 5) is 23.1. The Balaban J connectivity index is 2.22. The van der Waals surface area contributed by atoms with Crippen molar-refractivity contribution in [2.75, 3.05) is 5.32 Å². The number of carboxylic acid groups (broad SMARTS) is 1. The lowest BCUT2D eigenvalue weighted by Gasteiger charge is -2.09. The number of aromatic carboxylic acids is 1. The van der Waals surface area contributed by atoms with E-state index in [1.54, 1.807) is 29.7 Å². The van der Waals surface area contributed by atoms with Crippen LogP contribution < -0.4 is 5.32 Å². The third-order valence-electron chi connectivity index (χ3n) is 3.32. The largest absolute Gasteiger partial charge is 0.478 e. The van der Waals surface area contributed by atoms with E-state index in [9.17, 15) is 9.59 Å². The molecule has 1 heterocycles. The van der Waals surface area contributed by atoms with Crippen LogP contribution in [0.15, 0.2) is 30.3 Å². The van der Waals surface area contributed by atoms with Crippen molar-refractivity contribution in [3.05, 3.63) is 52.8 Å².